The van der Waals surface area contributed by atoms with E-state index in [1.54, 1.807) is 0 Å². The number of ether oxygens (including phenoxy) is 1. The van der Waals surface area contributed by atoms with Gasteiger partial charge in [0.05, 0.1) is 0 Å². The number of guanidine groups is 1. The lowest BCUT2D eigenvalue weighted by Crippen LogP contribution is -2.46. The normalized spacial score (nSPS) is 20.3. The number of aliphatic imine (C=N–C) groups is 1. The highest BCUT2D eigenvalue weighted by atomic mass is 127. The molecule has 1 aromatic carbocycles. The highest BCUT2D eigenvalue weighted by molar-refractivity contribution is 14.0. The van der Waals surface area contributed by atoms with Gasteiger partial charge in [0.15, 0.2) is 5.96 Å². The lowest BCUT2D eigenvalue weighted by molar-refractivity contribution is -0.124. The van der Waals surface area contributed by atoms with Crippen LogP contribution in [0, 0.1) is 11.3 Å². The SMILES string of the molecule is CN=C(NCc1cccc(NC(=O)C2CCCO2)c1)NCC1(CC(C)C)CCC1.I. The van der Waals surface area contributed by atoms with Gasteiger partial charge in [-0.15, -0.1) is 24.0 Å². The van der Waals surface area contributed by atoms with E-state index in [-0.39, 0.29) is 36.0 Å². The van der Waals surface area contributed by atoms with Crippen LogP contribution in [-0.4, -0.2) is 38.2 Å². The maximum absolute atomic E-state index is 12.2. The fraction of sp³-hybridized carbons (Fsp3) is 0.652. The number of rotatable bonds is 8. The van der Waals surface area contributed by atoms with Crippen LogP contribution in [0.2, 0.25) is 0 Å². The maximum atomic E-state index is 12.2. The minimum Gasteiger partial charge on any atom is -0.368 e. The van der Waals surface area contributed by atoms with Gasteiger partial charge in [0.2, 0.25) is 0 Å². The molecule has 1 unspecified atom stereocenters. The molecular weight excluding hydrogens is 491 g/mol. The summed E-state index contributed by atoms with van der Waals surface area (Å²) in [6.07, 6.45) is 6.65. The van der Waals surface area contributed by atoms with E-state index >= 15 is 0 Å². The maximum Gasteiger partial charge on any atom is 0.253 e. The van der Waals surface area contributed by atoms with Crippen molar-refractivity contribution in [1.29, 1.82) is 0 Å². The summed E-state index contributed by atoms with van der Waals surface area (Å²) in [5.74, 6) is 1.49. The summed E-state index contributed by atoms with van der Waals surface area (Å²) in [4.78, 5) is 16.6. The number of amides is 1. The molecule has 2 fully saturated rings. The molecule has 0 bridgehead atoms. The average Bonchev–Trinajstić information content (AvgIpc) is 3.21. The summed E-state index contributed by atoms with van der Waals surface area (Å²) < 4.78 is 5.45. The van der Waals surface area contributed by atoms with Crippen molar-refractivity contribution in [2.24, 2.45) is 16.3 Å². The number of nitrogens with zero attached hydrogens (tertiary/aromatic N) is 1. The molecule has 1 saturated carbocycles. The zero-order valence-electron chi connectivity index (χ0n) is 18.5. The third-order valence-electron chi connectivity index (χ3n) is 5.99. The highest BCUT2D eigenvalue weighted by Crippen LogP contribution is 2.45. The molecule has 3 rings (SSSR count). The van der Waals surface area contributed by atoms with Gasteiger partial charge in [0.25, 0.3) is 5.91 Å². The summed E-state index contributed by atoms with van der Waals surface area (Å²) >= 11 is 0. The van der Waals surface area contributed by atoms with Crippen LogP contribution in [0.15, 0.2) is 29.3 Å². The third-order valence-corrected chi connectivity index (χ3v) is 5.99. The number of carbonyl (C=O) groups is 1. The third kappa shape index (κ3) is 7.11. The Kier molecular flexibility index (Phi) is 9.87. The van der Waals surface area contributed by atoms with Gasteiger partial charge < -0.3 is 20.7 Å². The smallest absolute Gasteiger partial charge is 0.253 e. The Labute approximate surface area is 198 Å². The molecule has 7 heteroatoms. The lowest BCUT2D eigenvalue weighted by Gasteiger charge is -2.43. The van der Waals surface area contributed by atoms with Crippen molar-refractivity contribution in [1.82, 2.24) is 10.6 Å². The minimum atomic E-state index is -0.315. The Hall–Kier alpha value is -1.35. The molecule has 1 aliphatic heterocycles. The second-order valence-electron chi connectivity index (χ2n) is 8.92. The van der Waals surface area contributed by atoms with Crippen LogP contribution in [0.25, 0.3) is 0 Å². The number of halogens is 1. The number of nitrogens with one attached hydrogen (secondary N) is 3. The number of anilines is 1. The van der Waals surface area contributed by atoms with Crippen molar-refractivity contribution in [3.05, 3.63) is 29.8 Å². The molecule has 168 valence electrons. The molecule has 0 aromatic heterocycles. The summed E-state index contributed by atoms with van der Waals surface area (Å²) in [6.45, 7) is 6.91. The largest absolute Gasteiger partial charge is 0.368 e. The van der Waals surface area contributed by atoms with E-state index in [0.717, 1.165) is 42.5 Å². The van der Waals surface area contributed by atoms with Crippen molar-refractivity contribution in [3.8, 4) is 0 Å². The van der Waals surface area contributed by atoms with Gasteiger partial charge in [0.1, 0.15) is 6.10 Å². The first-order valence-corrected chi connectivity index (χ1v) is 11.0. The van der Waals surface area contributed by atoms with E-state index in [1.165, 1.54) is 25.7 Å². The van der Waals surface area contributed by atoms with E-state index in [4.69, 9.17) is 4.74 Å². The average molecular weight is 528 g/mol. The van der Waals surface area contributed by atoms with Crippen LogP contribution in [0.3, 0.4) is 0 Å². The first-order valence-electron chi connectivity index (χ1n) is 11.0. The molecule has 1 saturated heterocycles. The van der Waals surface area contributed by atoms with Crippen LogP contribution >= 0.6 is 24.0 Å². The van der Waals surface area contributed by atoms with E-state index in [1.807, 2.05) is 31.3 Å². The molecule has 1 aliphatic carbocycles. The zero-order chi connectivity index (χ0) is 20.7. The highest BCUT2D eigenvalue weighted by Gasteiger charge is 2.37. The van der Waals surface area contributed by atoms with E-state index in [9.17, 15) is 4.79 Å². The number of hydrogen-bond donors (Lipinski definition) is 3. The van der Waals surface area contributed by atoms with Crippen molar-refractivity contribution in [2.45, 2.75) is 65.0 Å². The number of benzene rings is 1. The van der Waals surface area contributed by atoms with Crippen LogP contribution in [0.4, 0.5) is 5.69 Å². The molecule has 30 heavy (non-hydrogen) atoms. The lowest BCUT2D eigenvalue weighted by atomic mass is 9.64. The van der Waals surface area contributed by atoms with E-state index in [0.29, 0.717) is 18.6 Å². The summed E-state index contributed by atoms with van der Waals surface area (Å²) in [5, 5.41) is 9.89. The quantitative estimate of drug-likeness (QED) is 0.267. The Morgan fingerprint density at radius 1 is 1.27 bits per heavy atom. The zero-order valence-corrected chi connectivity index (χ0v) is 20.8. The Balaban J connectivity index is 0.00000320. The second-order valence-corrected chi connectivity index (χ2v) is 8.92. The molecule has 1 atom stereocenters. The molecule has 6 nitrogen and oxygen atoms in total. The van der Waals surface area contributed by atoms with Gasteiger partial charge >= 0.3 is 0 Å². The molecule has 2 aliphatic rings. The number of carbonyl (C=O) groups excluding carboxylic acids is 1. The molecule has 1 amide bonds. The van der Waals surface area contributed by atoms with E-state index in [2.05, 4.69) is 34.8 Å². The molecule has 0 radical (unpaired) electrons. The van der Waals surface area contributed by atoms with Gasteiger partial charge in [-0.3, -0.25) is 9.79 Å². The van der Waals surface area contributed by atoms with Gasteiger partial charge in [-0.05, 0) is 61.1 Å². The Morgan fingerprint density at radius 3 is 2.67 bits per heavy atom. The first-order chi connectivity index (χ1) is 14.0. The fourth-order valence-electron chi connectivity index (χ4n) is 4.44. The molecule has 3 N–H and O–H groups in total. The topological polar surface area (TPSA) is 74.8 Å². The van der Waals surface area contributed by atoms with Crippen molar-refractivity contribution >= 4 is 41.5 Å². The Bertz CT molecular complexity index is 713. The van der Waals surface area contributed by atoms with Crippen LogP contribution < -0.4 is 16.0 Å². The molecule has 1 heterocycles. The second kappa shape index (κ2) is 11.9. The minimum absolute atomic E-state index is 0. The van der Waals surface area contributed by atoms with Crippen molar-refractivity contribution in [2.75, 3.05) is 25.5 Å². The summed E-state index contributed by atoms with van der Waals surface area (Å²) in [7, 11) is 1.81. The fourth-order valence-corrected chi connectivity index (χ4v) is 4.44. The summed E-state index contributed by atoms with van der Waals surface area (Å²) in [6, 6.07) is 7.92. The predicted octanol–water partition coefficient (Wildman–Crippen LogP) is 4.30. The molecular formula is C23H37IN4O2. The van der Waals surface area contributed by atoms with Crippen LogP contribution in [-0.2, 0) is 16.1 Å². The van der Waals surface area contributed by atoms with Gasteiger partial charge in [-0.2, -0.15) is 0 Å². The van der Waals surface area contributed by atoms with Crippen molar-refractivity contribution < 1.29 is 9.53 Å². The first kappa shape index (κ1) is 24.9. The van der Waals surface area contributed by atoms with Gasteiger partial charge in [-0.25, -0.2) is 0 Å². The van der Waals surface area contributed by atoms with Gasteiger partial charge in [0, 0.05) is 32.4 Å². The van der Waals surface area contributed by atoms with Crippen LogP contribution in [0.5, 0.6) is 0 Å². The number of hydrogen-bond acceptors (Lipinski definition) is 3. The standard InChI is InChI=1S/C23H36N4O2.HI/c1-17(2)14-23(10-6-11-23)16-26-22(24-3)25-15-18-7-4-8-19(13-18)27-21(28)20-9-5-12-29-20;/h4,7-8,13,17,20H,5-6,9-12,14-16H2,1-3H3,(H,27,28)(H2,24,25,26);1H. The van der Waals surface area contributed by atoms with Gasteiger partial charge in [-0.1, -0.05) is 32.4 Å². The van der Waals surface area contributed by atoms with Crippen molar-refractivity contribution in [3.63, 3.8) is 0 Å². The monoisotopic (exact) mass is 528 g/mol. The molecule has 1 aromatic rings. The van der Waals surface area contributed by atoms with Crippen LogP contribution in [0.1, 0.15) is 57.9 Å². The van der Waals surface area contributed by atoms with E-state index < -0.39 is 0 Å². The Morgan fingerprint density at radius 2 is 2.07 bits per heavy atom. The predicted molar refractivity (Wildman–Crippen MR) is 133 cm³/mol. The molecule has 0 spiro atoms. The summed E-state index contributed by atoms with van der Waals surface area (Å²) in [5.41, 5.74) is 2.33.